The van der Waals surface area contributed by atoms with E-state index in [1.165, 1.54) is 12.4 Å². The number of benzene rings is 2. The fourth-order valence-electron chi connectivity index (χ4n) is 6.36. The van der Waals surface area contributed by atoms with Crippen LogP contribution < -0.4 is 5.73 Å². The minimum Gasteiger partial charge on any atom is -0.383 e. The summed E-state index contributed by atoms with van der Waals surface area (Å²) in [5.41, 5.74) is 10.7. The van der Waals surface area contributed by atoms with E-state index >= 15 is 0 Å². The van der Waals surface area contributed by atoms with Crippen molar-refractivity contribution in [1.29, 1.82) is 0 Å². The highest BCUT2D eigenvalue weighted by Gasteiger charge is 2.30. The lowest BCUT2D eigenvalue weighted by molar-refractivity contribution is 0.00520. The average molecular weight is 526 g/mol. The Hall–Kier alpha value is -3.82. The molecule has 9 heteroatoms. The highest BCUT2D eigenvalue weighted by Crippen LogP contribution is 2.37. The van der Waals surface area contributed by atoms with E-state index in [1.807, 2.05) is 18.3 Å². The summed E-state index contributed by atoms with van der Waals surface area (Å²) in [7, 11) is 0. The fourth-order valence-corrected chi connectivity index (χ4v) is 6.36. The number of nitrogens with zero attached hydrogens (tertiary/aromatic N) is 6. The first kappa shape index (κ1) is 24.2. The molecular weight excluding hydrogens is 493 g/mol. The molecule has 3 aromatic heterocycles. The first-order valence-electron chi connectivity index (χ1n) is 13.8. The molecule has 2 N–H and O–H groups in total. The molecule has 0 radical (unpaired) electrons. The molecule has 2 aliphatic rings. The summed E-state index contributed by atoms with van der Waals surface area (Å²) in [6.07, 6.45) is 7.93. The zero-order chi connectivity index (χ0) is 26.3. The number of hydrogen-bond donors (Lipinski definition) is 1. The van der Waals surface area contributed by atoms with Crippen LogP contribution in [-0.2, 0) is 11.3 Å². The van der Waals surface area contributed by atoms with Crippen LogP contribution in [-0.4, -0.2) is 61.6 Å². The van der Waals surface area contributed by atoms with Gasteiger partial charge in [-0.1, -0.05) is 24.3 Å². The predicted octanol–water partition coefficient (Wildman–Crippen LogP) is 5.03. The van der Waals surface area contributed by atoms with Gasteiger partial charge in [0.15, 0.2) is 5.65 Å². The molecule has 5 aromatic rings. The number of morpholine rings is 1. The average Bonchev–Trinajstić information content (AvgIpc) is 3.57. The molecule has 7 rings (SSSR count). The maximum absolute atomic E-state index is 14.3. The Balaban J connectivity index is 1.20. The van der Waals surface area contributed by atoms with Crippen LogP contribution in [0.15, 0.2) is 61.1 Å². The standard InChI is InChI=1S/C30H32FN7O/c31-25-4-2-1-3-22(25)18-37-12-11-20-17-21(5-10-26(20)37)28-27-29(32)33-19-34-30(27)38(35-28)24-8-6-23(7-9-24)36-13-15-39-16-14-36/h1-5,10-12,17,19,23-24H,6-9,13-16,18H2,(H2,32,33,34)/t23-,24-. The van der Waals surface area contributed by atoms with E-state index in [0.717, 1.165) is 85.2 Å². The van der Waals surface area contributed by atoms with Crippen LogP contribution in [0.5, 0.6) is 0 Å². The molecule has 0 amide bonds. The first-order chi connectivity index (χ1) is 19.2. The van der Waals surface area contributed by atoms with Crippen LogP contribution in [0, 0.1) is 5.82 Å². The third-order valence-electron chi connectivity index (χ3n) is 8.44. The minimum absolute atomic E-state index is 0.192. The van der Waals surface area contributed by atoms with E-state index in [1.54, 1.807) is 6.07 Å². The van der Waals surface area contributed by atoms with Gasteiger partial charge in [0.05, 0.1) is 31.2 Å². The number of ether oxygens (including phenoxy) is 1. The number of nitrogen functional groups attached to an aromatic ring is 1. The molecular formula is C30H32FN7O. The Morgan fingerprint density at radius 2 is 1.74 bits per heavy atom. The lowest BCUT2D eigenvalue weighted by Gasteiger charge is -2.38. The SMILES string of the molecule is Nc1ncnc2c1c(-c1ccc3c(ccn3Cc3ccccc3F)c1)nn2[C@H]1CC[C@H](N2CCOCC2)CC1. The smallest absolute Gasteiger partial charge is 0.164 e. The molecule has 2 fully saturated rings. The van der Waals surface area contributed by atoms with Crippen LogP contribution in [0.4, 0.5) is 10.2 Å². The fraction of sp³-hybridized carbons (Fsp3) is 0.367. The van der Waals surface area contributed by atoms with Crippen molar-refractivity contribution in [3.63, 3.8) is 0 Å². The van der Waals surface area contributed by atoms with Gasteiger partial charge in [-0.3, -0.25) is 4.90 Å². The van der Waals surface area contributed by atoms with Gasteiger partial charge in [0.2, 0.25) is 0 Å². The van der Waals surface area contributed by atoms with Crippen LogP contribution in [0.1, 0.15) is 37.3 Å². The second-order valence-electron chi connectivity index (χ2n) is 10.7. The second kappa shape index (κ2) is 10.1. The quantitative estimate of drug-likeness (QED) is 0.346. The maximum Gasteiger partial charge on any atom is 0.164 e. The molecule has 39 heavy (non-hydrogen) atoms. The maximum atomic E-state index is 14.3. The van der Waals surface area contributed by atoms with Gasteiger partial charge in [-0.25, -0.2) is 19.0 Å². The molecule has 0 spiro atoms. The first-order valence-corrected chi connectivity index (χ1v) is 13.8. The molecule has 4 heterocycles. The lowest BCUT2D eigenvalue weighted by Crippen LogP contribution is -2.45. The number of nitrogens with two attached hydrogens (primary N) is 1. The summed E-state index contributed by atoms with van der Waals surface area (Å²) in [6, 6.07) is 16.1. The lowest BCUT2D eigenvalue weighted by atomic mass is 9.90. The van der Waals surface area contributed by atoms with Crippen molar-refractivity contribution >= 4 is 27.8 Å². The third kappa shape index (κ3) is 4.45. The largest absolute Gasteiger partial charge is 0.383 e. The van der Waals surface area contributed by atoms with Crippen molar-refractivity contribution in [2.24, 2.45) is 0 Å². The molecule has 0 atom stereocenters. The zero-order valence-electron chi connectivity index (χ0n) is 21.8. The van der Waals surface area contributed by atoms with Gasteiger partial charge < -0.3 is 15.0 Å². The molecule has 1 aliphatic carbocycles. The van der Waals surface area contributed by atoms with Gasteiger partial charge >= 0.3 is 0 Å². The normalized spacial score (nSPS) is 20.6. The van der Waals surface area contributed by atoms with Gasteiger partial charge in [-0.2, -0.15) is 5.10 Å². The summed E-state index contributed by atoms with van der Waals surface area (Å²) in [4.78, 5) is 11.5. The van der Waals surface area contributed by atoms with E-state index in [2.05, 4.69) is 48.4 Å². The number of aromatic nitrogens is 5. The Bertz CT molecular complexity index is 1630. The van der Waals surface area contributed by atoms with Crippen molar-refractivity contribution in [3.05, 3.63) is 72.4 Å². The van der Waals surface area contributed by atoms with E-state index in [-0.39, 0.29) is 11.9 Å². The number of halogens is 1. The van der Waals surface area contributed by atoms with Gasteiger partial charge in [-0.05, 0) is 49.9 Å². The summed E-state index contributed by atoms with van der Waals surface area (Å²) in [6.45, 7) is 4.19. The monoisotopic (exact) mass is 525 g/mol. The van der Waals surface area contributed by atoms with Crippen LogP contribution in [0.25, 0.3) is 33.2 Å². The van der Waals surface area contributed by atoms with Crippen LogP contribution in [0.2, 0.25) is 0 Å². The molecule has 1 saturated heterocycles. The van der Waals surface area contributed by atoms with Crippen molar-refractivity contribution in [2.45, 2.75) is 44.3 Å². The van der Waals surface area contributed by atoms with Crippen LogP contribution in [0.3, 0.4) is 0 Å². The van der Waals surface area contributed by atoms with Gasteiger partial charge in [-0.15, -0.1) is 0 Å². The van der Waals surface area contributed by atoms with Crippen molar-refractivity contribution < 1.29 is 9.13 Å². The Kier molecular flexibility index (Phi) is 6.25. The summed E-state index contributed by atoms with van der Waals surface area (Å²) < 4.78 is 24.0. The molecule has 0 unspecified atom stereocenters. The van der Waals surface area contributed by atoms with E-state index in [9.17, 15) is 4.39 Å². The highest BCUT2D eigenvalue weighted by molar-refractivity contribution is 6.00. The summed E-state index contributed by atoms with van der Waals surface area (Å²) in [5, 5.41) is 6.99. The van der Waals surface area contributed by atoms with Crippen molar-refractivity contribution in [1.82, 2.24) is 29.2 Å². The Labute approximate surface area is 226 Å². The van der Waals surface area contributed by atoms with Crippen LogP contribution >= 0.6 is 0 Å². The molecule has 2 aromatic carbocycles. The number of fused-ring (bicyclic) bond motifs is 2. The molecule has 1 aliphatic heterocycles. The topological polar surface area (TPSA) is 87.0 Å². The zero-order valence-corrected chi connectivity index (χ0v) is 21.8. The predicted molar refractivity (Wildman–Crippen MR) is 150 cm³/mol. The summed E-state index contributed by atoms with van der Waals surface area (Å²) in [5.74, 6) is 0.253. The van der Waals surface area contributed by atoms with E-state index in [0.29, 0.717) is 24.0 Å². The third-order valence-corrected chi connectivity index (χ3v) is 8.44. The van der Waals surface area contributed by atoms with E-state index in [4.69, 9.17) is 15.6 Å². The minimum atomic E-state index is -0.192. The van der Waals surface area contributed by atoms with Gasteiger partial charge in [0, 0.05) is 47.4 Å². The summed E-state index contributed by atoms with van der Waals surface area (Å²) >= 11 is 0. The van der Waals surface area contributed by atoms with E-state index < -0.39 is 0 Å². The molecule has 8 nitrogen and oxygen atoms in total. The van der Waals surface area contributed by atoms with Gasteiger partial charge in [0.1, 0.15) is 23.7 Å². The highest BCUT2D eigenvalue weighted by atomic mass is 19.1. The Morgan fingerprint density at radius 3 is 2.56 bits per heavy atom. The second-order valence-corrected chi connectivity index (χ2v) is 10.7. The van der Waals surface area contributed by atoms with Gasteiger partial charge in [0.25, 0.3) is 0 Å². The number of hydrogen-bond acceptors (Lipinski definition) is 6. The van der Waals surface area contributed by atoms with Crippen molar-refractivity contribution in [3.8, 4) is 11.3 Å². The molecule has 0 bridgehead atoms. The van der Waals surface area contributed by atoms with Crippen molar-refractivity contribution in [2.75, 3.05) is 32.0 Å². The Morgan fingerprint density at radius 1 is 0.949 bits per heavy atom. The number of anilines is 1. The molecule has 1 saturated carbocycles. The molecule has 200 valence electrons. The number of rotatable bonds is 5.